The predicted molar refractivity (Wildman–Crippen MR) is 70.9 cm³/mol. The molecule has 2 atom stereocenters. The van der Waals surface area contributed by atoms with Crippen molar-refractivity contribution in [3.8, 4) is 0 Å². The largest absolute Gasteiger partial charge is 0.397 e. The van der Waals surface area contributed by atoms with Gasteiger partial charge in [-0.2, -0.15) is 0 Å². The van der Waals surface area contributed by atoms with E-state index >= 15 is 0 Å². The van der Waals surface area contributed by atoms with Crippen molar-refractivity contribution in [1.29, 1.82) is 0 Å². The molecule has 1 aliphatic rings. The minimum atomic E-state index is 0.510. The van der Waals surface area contributed by atoms with Crippen LogP contribution < -0.4 is 11.1 Å². The van der Waals surface area contributed by atoms with Crippen LogP contribution >= 0.6 is 11.6 Å². The van der Waals surface area contributed by atoms with Gasteiger partial charge < -0.3 is 11.1 Å². The smallest absolute Gasteiger partial charge is 0.0765 e. The van der Waals surface area contributed by atoms with Crippen molar-refractivity contribution in [1.82, 2.24) is 0 Å². The van der Waals surface area contributed by atoms with Crippen LogP contribution in [-0.2, 0) is 0 Å². The molecule has 0 amide bonds. The second-order valence-corrected chi connectivity index (χ2v) is 5.12. The van der Waals surface area contributed by atoms with E-state index in [4.69, 9.17) is 17.3 Å². The summed E-state index contributed by atoms with van der Waals surface area (Å²) in [5, 5.41) is 4.23. The van der Waals surface area contributed by atoms with Crippen LogP contribution in [0.2, 0.25) is 5.02 Å². The summed E-state index contributed by atoms with van der Waals surface area (Å²) in [7, 11) is 0. The van der Waals surface area contributed by atoms with Gasteiger partial charge in [-0.3, -0.25) is 0 Å². The molecule has 88 valence electrons. The zero-order valence-electron chi connectivity index (χ0n) is 9.67. The molecule has 0 heterocycles. The number of nitrogens with two attached hydrogens (primary N) is 1. The van der Waals surface area contributed by atoms with Gasteiger partial charge in [0.15, 0.2) is 0 Å². The van der Waals surface area contributed by atoms with Crippen molar-refractivity contribution in [3.63, 3.8) is 0 Å². The molecule has 1 aromatic rings. The molecule has 2 rings (SSSR count). The number of benzene rings is 1. The molecule has 0 aromatic heterocycles. The van der Waals surface area contributed by atoms with Gasteiger partial charge in [-0.15, -0.1) is 0 Å². The molecule has 1 saturated carbocycles. The summed E-state index contributed by atoms with van der Waals surface area (Å²) in [6.07, 6.45) is 5.15. The number of hydrogen-bond acceptors (Lipinski definition) is 2. The van der Waals surface area contributed by atoms with E-state index in [1.165, 1.54) is 25.7 Å². The normalized spacial score (nSPS) is 25.4. The van der Waals surface area contributed by atoms with Crippen LogP contribution in [0.1, 0.15) is 32.6 Å². The highest BCUT2D eigenvalue weighted by Crippen LogP contribution is 2.33. The highest BCUT2D eigenvalue weighted by molar-refractivity contribution is 6.33. The van der Waals surface area contributed by atoms with Crippen LogP contribution in [-0.4, -0.2) is 6.04 Å². The van der Waals surface area contributed by atoms with Crippen molar-refractivity contribution in [3.05, 3.63) is 23.2 Å². The zero-order valence-corrected chi connectivity index (χ0v) is 10.4. The van der Waals surface area contributed by atoms with Crippen LogP contribution in [0.15, 0.2) is 18.2 Å². The van der Waals surface area contributed by atoms with E-state index in [-0.39, 0.29) is 0 Å². The molecule has 0 spiro atoms. The van der Waals surface area contributed by atoms with Crippen molar-refractivity contribution in [2.45, 2.75) is 38.6 Å². The molecule has 0 aliphatic heterocycles. The molecule has 16 heavy (non-hydrogen) atoms. The van der Waals surface area contributed by atoms with Gasteiger partial charge in [0.05, 0.1) is 16.4 Å². The fraction of sp³-hybridized carbons (Fsp3) is 0.538. The molecule has 1 aliphatic carbocycles. The van der Waals surface area contributed by atoms with Gasteiger partial charge in [-0.05, 0) is 30.9 Å². The third-order valence-corrected chi connectivity index (χ3v) is 3.80. The van der Waals surface area contributed by atoms with E-state index in [0.717, 1.165) is 16.4 Å². The fourth-order valence-corrected chi connectivity index (χ4v) is 2.65. The molecule has 1 fully saturated rings. The van der Waals surface area contributed by atoms with E-state index in [1.807, 2.05) is 18.2 Å². The van der Waals surface area contributed by atoms with Crippen LogP contribution in [0.5, 0.6) is 0 Å². The molecule has 0 bridgehead atoms. The van der Waals surface area contributed by atoms with E-state index in [2.05, 4.69) is 12.2 Å². The molecule has 3 heteroatoms. The summed E-state index contributed by atoms with van der Waals surface area (Å²) < 4.78 is 0. The molecule has 0 saturated heterocycles. The van der Waals surface area contributed by atoms with Gasteiger partial charge >= 0.3 is 0 Å². The van der Waals surface area contributed by atoms with E-state index in [0.29, 0.717) is 12.0 Å². The molecule has 3 N–H and O–H groups in total. The fourth-order valence-electron chi connectivity index (χ4n) is 2.41. The first-order valence-corrected chi connectivity index (χ1v) is 6.37. The zero-order chi connectivity index (χ0) is 11.5. The summed E-state index contributed by atoms with van der Waals surface area (Å²) in [6.45, 7) is 2.30. The van der Waals surface area contributed by atoms with Crippen molar-refractivity contribution >= 4 is 23.0 Å². The van der Waals surface area contributed by atoms with E-state index in [9.17, 15) is 0 Å². The Morgan fingerprint density at radius 1 is 1.31 bits per heavy atom. The Balaban J connectivity index is 2.13. The standard InChI is InChI=1S/C13H19ClN2/c1-9-5-2-3-8-12(9)16-13-10(14)6-4-7-11(13)15/h4,6-7,9,12,16H,2-3,5,8,15H2,1H3/t9-,12-/m0/s1. The quantitative estimate of drug-likeness (QED) is 0.767. The van der Waals surface area contributed by atoms with Crippen molar-refractivity contribution in [2.24, 2.45) is 5.92 Å². The Morgan fingerprint density at radius 2 is 2.06 bits per heavy atom. The Kier molecular flexibility index (Phi) is 3.59. The molecular weight excluding hydrogens is 220 g/mol. The molecule has 0 unspecified atom stereocenters. The highest BCUT2D eigenvalue weighted by Gasteiger charge is 2.22. The van der Waals surface area contributed by atoms with Gasteiger partial charge in [0, 0.05) is 6.04 Å². The van der Waals surface area contributed by atoms with Crippen molar-refractivity contribution < 1.29 is 0 Å². The van der Waals surface area contributed by atoms with Crippen LogP contribution in [0.25, 0.3) is 0 Å². The maximum atomic E-state index is 6.15. The first-order valence-electron chi connectivity index (χ1n) is 5.99. The maximum Gasteiger partial charge on any atom is 0.0765 e. The second kappa shape index (κ2) is 4.96. The summed E-state index contributed by atoms with van der Waals surface area (Å²) in [5.74, 6) is 0.699. The number of halogens is 1. The summed E-state index contributed by atoms with van der Waals surface area (Å²) in [5.41, 5.74) is 7.58. The van der Waals surface area contributed by atoms with E-state index < -0.39 is 0 Å². The Labute approximate surface area is 102 Å². The Bertz CT molecular complexity index is 345. The number of para-hydroxylation sites is 1. The van der Waals surface area contributed by atoms with Gasteiger partial charge in [0.2, 0.25) is 0 Å². The minimum absolute atomic E-state index is 0.510. The second-order valence-electron chi connectivity index (χ2n) is 4.72. The first-order chi connectivity index (χ1) is 7.68. The van der Waals surface area contributed by atoms with Gasteiger partial charge in [-0.25, -0.2) is 0 Å². The van der Waals surface area contributed by atoms with Gasteiger partial charge in [0.25, 0.3) is 0 Å². The van der Waals surface area contributed by atoms with Gasteiger partial charge in [-0.1, -0.05) is 37.4 Å². The third kappa shape index (κ3) is 2.43. The highest BCUT2D eigenvalue weighted by atomic mass is 35.5. The van der Waals surface area contributed by atoms with Crippen LogP contribution in [0.4, 0.5) is 11.4 Å². The summed E-state index contributed by atoms with van der Waals surface area (Å²) in [4.78, 5) is 0. The lowest BCUT2D eigenvalue weighted by Crippen LogP contribution is -2.30. The summed E-state index contributed by atoms with van der Waals surface area (Å²) >= 11 is 6.15. The van der Waals surface area contributed by atoms with Crippen molar-refractivity contribution in [2.75, 3.05) is 11.1 Å². The predicted octanol–water partition coefficient (Wildman–Crippen LogP) is 3.91. The number of hydrogen-bond donors (Lipinski definition) is 2. The number of anilines is 2. The lowest BCUT2D eigenvalue weighted by molar-refractivity contribution is 0.349. The van der Waals surface area contributed by atoms with Gasteiger partial charge in [0.1, 0.15) is 0 Å². The van der Waals surface area contributed by atoms with E-state index in [1.54, 1.807) is 0 Å². The number of nitrogen functional groups attached to an aromatic ring is 1. The SMILES string of the molecule is C[C@H]1CCCC[C@@H]1Nc1c(N)cccc1Cl. The minimum Gasteiger partial charge on any atom is -0.397 e. The Morgan fingerprint density at radius 3 is 2.75 bits per heavy atom. The average molecular weight is 239 g/mol. The number of nitrogens with one attached hydrogen (secondary N) is 1. The third-order valence-electron chi connectivity index (χ3n) is 3.49. The lowest BCUT2D eigenvalue weighted by Gasteiger charge is -2.31. The lowest BCUT2D eigenvalue weighted by atomic mass is 9.86. The molecule has 2 nitrogen and oxygen atoms in total. The molecule has 0 radical (unpaired) electrons. The topological polar surface area (TPSA) is 38.0 Å². The first kappa shape index (κ1) is 11.6. The monoisotopic (exact) mass is 238 g/mol. The summed E-state index contributed by atoms with van der Waals surface area (Å²) in [6, 6.07) is 6.17. The maximum absolute atomic E-state index is 6.15. The molecule has 1 aromatic carbocycles. The number of rotatable bonds is 2. The Hall–Kier alpha value is -0.890. The molecular formula is C13H19ClN2. The average Bonchev–Trinajstić information content (AvgIpc) is 2.26. The van der Waals surface area contributed by atoms with Crippen LogP contribution in [0.3, 0.4) is 0 Å². The van der Waals surface area contributed by atoms with Crippen LogP contribution in [0, 0.1) is 5.92 Å².